The number of rotatable bonds is 19. The Labute approximate surface area is 494 Å². The van der Waals surface area contributed by atoms with Crippen molar-refractivity contribution in [3.8, 4) is 38.3 Å². The van der Waals surface area contributed by atoms with Gasteiger partial charge in [0.05, 0.1) is 54.7 Å². The number of nitrogens with two attached hydrogens (primary N) is 1. The lowest BCUT2D eigenvalue weighted by atomic mass is 9.98. The number of nitrogens with zero attached hydrogens (tertiary/aromatic N) is 3. The molecule has 0 radical (unpaired) electrons. The Balaban J connectivity index is 1.18. The summed E-state index contributed by atoms with van der Waals surface area (Å²) < 4.78 is 11.2. The molecule has 15 N–H and O–H groups in total. The summed E-state index contributed by atoms with van der Waals surface area (Å²) in [5, 5.41) is 101. The molecule has 3 aliphatic heterocycles. The van der Waals surface area contributed by atoms with Gasteiger partial charge in [-0.05, 0) is 86.0 Å². The first kappa shape index (κ1) is 65.2. The highest BCUT2D eigenvalue weighted by molar-refractivity contribution is 7.18. The van der Waals surface area contributed by atoms with Crippen molar-refractivity contribution >= 4 is 52.7 Å². The number of nitrogens with one attached hydrogen (secondary N) is 5. The molecule has 0 unspecified atom stereocenters. The molecule has 0 aliphatic carbocycles. The zero-order valence-electron chi connectivity index (χ0n) is 47.4. The molecule has 4 aromatic rings. The molecule has 85 heavy (non-hydrogen) atoms. The number of aliphatic hydroxyl groups is 7. The van der Waals surface area contributed by atoms with E-state index in [0.717, 1.165) is 57.2 Å². The lowest BCUT2D eigenvalue weighted by molar-refractivity contribution is -0.147. The zero-order chi connectivity index (χ0) is 61.6. The van der Waals surface area contributed by atoms with Gasteiger partial charge < -0.3 is 92.4 Å². The van der Waals surface area contributed by atoms with Gasteiger partial charge in [-0.25, -0.2) is 4.98 Å². The van der Waals surface area contributed by atoms with Gasteiger partial charge in [-0.1, -0.05) is 44.9 Å². The second-order valence-corrected chi connectivity index (χ2v) is 22.7. The van der Waals surface area contributed by atoms with Crippen LogP contribution in [0.25, 0.3) is 21.0 Å². The molecular formula is C58H77N9O17S. The van der Waals surface area contributed by atoms with Crippen molar-refractivity contribution in [2.45, 2.75) is 139 Å². The summed E-state index contributed by atoms with van der Waals surface area (Å²) in [5.41, 5.74) is 7.65. The Morgan fingerprint density at radius 1 is 0.788 bits per heavy atom. The maximum atomic E-state index is 14.7. The van der Waals surface area contributed by atoms with Gasteiger partial charge in [0.25, 0.3) is 5.91 Å². The van der Waals surface area contributed by atoms with E-state index < -0.39 is 159 Å². The number of ether oxygens (including phenoxy) is 2. The van der Waals surface area contributed by atoms with Crippen molar-refractivity contribution in [2.24, 2.45) is 11.7 Å². The summed E-state index contributed by atoms with van der Waals surface area (Å²) in [6.07, 6.45) is -7.09. The molecular weight excluding hydrogens is 1130 g/mol. The number of phenolic OH excluding ortho intramolecular Hbond substituents is 1. The minimum Gasteiger partial charge on any atom is -0.504 e. The molecule has 0 saturated carbocycles. The molecule has 27 heteroatoms. The molecule has 3 aromatic carbocycles. The number of aliphatic hydroxyl groups excluding tert-OH is 7. The normalized spacial score (nSPS) is 25.7. The standard InChI is InChI=1S/C58H77N9O17S/c1-4-5-6-20-83-38-14-12-35(13-15-38)56-61-27-45(85-56)33-8-10-34(11-9-33)51(76)62-39-24-36(70)26-60-55(80)49-50(75)30(2)28-67(49)58(82)48(42(73)17-18-59)65-54(79)47(43(74)22-32-7-16-41(72)44(23-32)84-21-19-68)64-53(78)40-25-37(71)29-66(40)57(81)46(31(3)69)63-52(39)77/h7-16,23,27,30-31,36-37,39-40,42-43,46-50,68-75H,4-6,17-22,24-26,28-29,59H2,1-3H3,(H,60,80)(H,62,76)(H,63,77)(H,64,78)(H,65,79)/t30-,31+,36+,37+,39-,40-,42+,43+,46-,47-,48-,49-,50-/m0/s1. The van der Waals surface area contributed by atoms with Crippen molar-refractivity contribution in [1.29, 1.82) is 0 Å². The lowest BCUT2D eigenvalue weighted by Gasteiger charge is -2.34. The Morgan fingerprint density at radius 3 is 2.15 bits per heavy atom. The minimum absolute atomic E-state index is 0.0595. The number of aromatic hydroxyl groups is 1. The van der Waals surface area contributed by atoms with E-state index in [1.807, 2.05) is 24.3 Å². The van der Waals surface area contributed by atoms with E-state index in [-0.39, 0.29) is 48.7 Å². The zero-order valence-corrected chi connectivity index (χ0v) is 48.2. The number of carbonyl (C=O) groups is 7. The number of hydrogen-bond donors (Lipinski definition) is 14. The highest BCUT2D eigenvalue weighted by Gasteiger charge is 2.50. The smallest absolute Gasteiger partial charge is 0.251 e. The largest absolute Gasteiger partial charge is 0.504 e. The fourth-order valence-electron chi connectivity index (χ4n) is 10.4. The van der Waals surface area contributed by atoms with Crippen LogP contribution in [0, 0.1) is 5.92 Å². The van der Waals surface area contributed by atoms with Crippen molar-refractivity contribution < 1.29 is 83.9 Å². The van der Waals surface area contributed by atoms with Crippen LogP contribution in [-0.2, 0) is 35.2 Å². The number of fused-ring (bicyclic) bond motifs is 2. The minimum atomic E-state index is -2.06. The molecule has 1 aromatic heterocycles. The quantitative estimate of drug-likeness (QED) is 0.0471. The number of phenols is 1. The Morgan fingerprint density at radius 2 is 1.47 bits per heavy atom. The fraction of sp³-hybridized carbons (Fsp3) is 0.517. The van der Waals surface area contributed by atoms with E-state index in [9.17, 15) is 74.4 Å². The summed E-state index contributed by atoms with van der Waals surface area (Å²) in [6, 6.07) is 6.83. The number of benzene rings is 3. The lowest BCUT2D eigenvalue weighted by Crippen LogP contribution is -2.64. The van der Waals surface area contributed by atoms with Gasteiger partial charge in [0.1, 0.15) is 53.6 Å². The molecule has 3 aliphatic rings. The Bertz CT molecular complexity index is 2950. The van der Waals surface area contributed by atoms with E-state index in [1.165, 1.54) is 48.6 Å². The van der Waals surface area contributed by atoms with E-state index in [2.05, 4.69) is 38.5 Å². The van der Waals surface area contributed by atoms with Crippen molar-refractivity contribution in [2.75, 3.05) is 46.0 Å². The molecule has 0 bridgehead atoms. The van der Waals surface area contributed by atoms with Gasteiger partial charge in [-0.2, -0.15) is 0 Å². The number of amides is 7. The van der Waals surface area contributed by atoms with Gasteiger partial charge >= 0.3 is 0 Å². The predicted molar refractivity (Wildman–Crippen MR) is 307 cm³/mol. The molecule has 0 spiro atoms. The Kier molecular flexibility index (Phi) is 23.1. The Hall–Kier alpha value is -7.34. The first-order valence-corrected chi connectivity index (χ1v) is 29.2. The first-order valence-electron chi connectivity index (χ1n) is 28.4. The molecule has 26 nitrogen and oxygen atoms in total. The van der Waals surface area contributed by atoms with E-state index in [1.54, 1.807) is 18.3 Å². The summed E-state index contributed by atoms with van der Waals surface area (Å²) in [4.78, 5) is 108. The third kappa shape index (κ3) is 16.6. The van der Waals surface area contributed by atoms with Gasteiger partial charge in [0.15, 0.2) is 11.5 Å². The van der Waals surface area contributed by atoms with Crippen LogP contribution in [-0.4, -0.2) is 216 Å². The number of hydrogen-bond acceptors (Lipinski definition) is 20. The van der Waals surface area contributed by atoms with Gasteiger partial charge in [0, 0.05) is 62.1 Å². The summed E-state index contributed by atoms with van der Waals surface area (Å²) in [7, 11) is 0. The summed E-state index contributed by atoms with van der Waals surface area (Å²) in [5.74, 6) is -8.05. The van der Waals surface area contributed by atoms with E-state index in [4.69, 9.17) is 15.2 Å². The van der Waals surface area contributed by atoms with Crippen LogP contribution in [0.2, 0.25) is 0 Å². The molecule has 7 rings (SSSR count). The second-order valence-electron chi connectivity index (χ2n) is 21.6. The highest BCUT2D eigenvalue weighted by atomic mass is 32.1. The SMILES string of the molecule is CCCCCOc1ccc(-c2ncc(-c3ccc(C(=O)N[C@H]4C[C@@H](O)CNC(=O)[C@@H]5[C@@H](O)[C@@H](C)CN5C(=O)[C@H]([C@H](O)CCN)NC(=O)[C@H]([C@H](O)Cc5ccc(O)c(OCCO)c5)NC(=O)[C@@H]5C[C@@H](O)CN5C(=O)[C@H]([C@@H](C)O)NC4=O)cc3)s2)cc1. The average molecular weight is 1200 g/mol. The van der Waals surface area contributed by atoms with E-state index in [0.29, 0.717) is 12.2 Å². The van der Waals surface area contributed by atoms with Crippen LogP contribution in [0.1, 0.15) is 75.2 Å². The molecule has 7 amide bonds. The second kappa shape index (κ2) is 30.1. The van der Waals surface area contributed by atoms with Crippen LogP contribution >= 0.6 is 11.3 Å². The van der Waals surface area contributed by atoms with Crippen molar-refractivity contribution in [3.05, 3.63) is 84.1 Å². The number of β-amino-alcohol motifs (C(OH)–C–C–N with tert-alkyl or cyclic N) is 1. The first-order chi connectivity index (χ1) is 40.6. The number of aromatic nitrogens is 1. The van der Waals surface area contributed by atoms with E-state index >= 15 is 0 Å². The number of unbranched alkanes of at least 4 members (excludes halogenated alkanes) is 2. The predicted octanol–water partition coefficient (Wildman–Crippen LogP) is -1.58. The molecule has 4 heterocycles. The summed E-state index contributed by atoms with van der Waals surface area (Å²) in [6.45, 7) is 3.08. The van der Waals surface area contributed by atoms with Crippen LogP contribution in [0.3, 0.4) is 0 Å². The molecule has 13 atom stereocenters. The maximum absolute atomic E-state index is 14.7. The monoisotopic (exact) mass is 1200 g/mol. The van der Waals surface area contributed by atoms with Crippen LogP contribution in [0.5, 0.6) is 17.2 Å². The van der Waals surface area contributed by atoms with Gasteiger partial charge in [-0.15, -0.1) is 11.3 Å². The molecule has 3 saturated heterocycles. The van der Waals surface area contributed by atoms with Crippen molar-refractivity contribution in [1.82, 2.24) is 41.4 Å². The average Bonchev–Trinajstić information content (AvgIpc) is 4.45. The number of thiazole rings is 1. The fourth-order valence-corrected chi connectivity index (χ4v) is 11.3. The van der Waals surface area contributed by atoms with Crippen LogP contribution < -0.4 is 41.8 Å². The number of carbonyl (C=O) groups excluding carboxylic acids is 7. The third-order valence-corrected chi connectivity index (χ3v) is 16.2. The maximum Gasteiger partial charge on any atom is 0.251 e. The van der Waals surface area contributed by atoms with Gasteiger partial charge in [-0.3, -0.25) is 33.6 Å². The molecule has 3 fully saturated rings. The van der Waals surface area contributed by atoms with Crippen LogP contribution in [0.15, 0.2) is 72.9 Å². The highest BCUT2D eigenvalue weighted by Crippen LogP contribution is 2.34. The third-order valence-electron chi connectivity index (χ3n) is 15.1. The van der Waals surface area contributed by atoms with Crippen molar-refractivity contribution in [3.63, 3.8) is 0 Å². The topological polar surface area (TPSA) is 405 Å². The summed E-state index contributed by atoms with van der Waals surface area (Å²) >= 11 is 1.42. The molecule has 462 valence electrons. The van der Waals surface area contributed by atoms with Crippen LogP contribution in [0.4, 0.5) is 0 Å². The van der Waals surface area contributed by atoms with Gasteiger partial charge in [0.2, 0.25) is 35.4 Å².